The Labute approximate surface area is 116 Å². The van der Waals surface area contributed by atoms with E-state index in [0.29, 0.717) is 12.5 Å². The van der Waals surface area contributed by atoms with Crippen LogP contribution in [0.3, 0.4) is 0 Å². The van der Waals surface area contributed by atoms with Gasteiger partial charge in [0.2, 0.25) is 0 Å². The Balaban J connectivity index is 1.88. The van der Waals surface area contributed by atoms with E-state index >= 15 is 0 Å². The summed E-state index contributed by atoms with van der Waals surface area (Å²) >= 11 is 6.08. The summed E-state index contributed by atoms with van der Waals surface area (Å²) in [5.41, 5.74) is 0.136. The number of benzene rings is 1. The van der Waals surface area contributed by atoms with E-state index in [0.717, 1.165) is 37.8 Å². The first-order valence-corrected chi connectivity index (χ1v) is 6.87. The van der Waals surface area contributed by atoms with Gasteiger partial charge in [0.1, 0.15) is 0 Å². The number of amides is 1. The molecule has 1 N–H and O–H groups in total. The first-order chi connectivity index (χ1) is 9.06. The zero-order valence-electron chi connectivity index (χ0n) is 10.5. The second kappa shape index (κ2) is 6.33. The molecule has 2 atom stereocenters. The van der Waals surface area contributed by atoms with Crippen LogP contribution in [0.4, 0.5) is 8.78 Å². The molecule has 0 radical (unpaired) electrons. The predicted molar refractivity (Wildman–Crippen MR) is 70.3 cm³/mol. The molecule has 0 bridgehead atoms. The van der Waals surface area contributed by atoms with Crippen LogP contribution in [-0.2, 0) is 0 Å². The maximum Gasteiger partial charge on any atom is 0.251 e. The molecule has 104 valence electrons. The quantitative estimate of drug-likeness (QED) is 0.847. The minimum absolute atomic E-state index is 0.136. The molecule has 1 aliphatic carbocycles. The number of carbonyl (C=O) groups is 1. The Kier molecular flexibility index (Phi) is 4.75. The predicted octanol–water partition coefficient (Wildman–Crippen LogP) is 3.49. The summed E-state index contributed by atoms with van der Waals surface area (Å²) in [6, 6.07) is 3.15. The highest BCUT2D eigenvalue weighted by Crippen LogP contribution is 2.27. The van der Waals surface area contributed by atoms with Gasteiger partial charge in [-0.15, -0.1) is 11.6 Å². The van der Waals surface area contributed by atoms with Gasteiger partial charge >= 0.3 is 0 Å². The van der Waals surface area contributed by atoms with Crippen molar-refractivity contribution in [2.45, 2.75) is 31.1 Å². The van der Waals surface area contributed by atoms with E-state index in [-0.39, 0.29) is 16.8 Å². The Hall–Kier alpha value is -1.16. The molecule has 1 aliphatic rings. The van der Waals surface area contributed by atoms with Crippen molar-refractivity contribution in [1.29, 1.82) is 0 Å². The Morgan fingerprint density at radius 1 is 1.32 bits per heavy atom. The number of hydrogen-bond acceptors (Lipinski definition) is 1. The molecule has 1 aromatic rings. The molecule has 0 aromatic heterocycles. The van der Waals surface area contributed by atoms with Crippen LogP contribution in [0.15, 0.2) is 18.2 Å². The van der Waals surface area contributed by atoms with Gasteiger partial charge in [-0.2, -0.15) is 0 Å². The van der Waals surface area contributed by atoms with Crippen LogP contribution in [0.2, 0.25) is 0 Å². The molecule has 0 heterocycles. The molecule has 2 unspecified atom stereocenters. The summed E-state index contributed by atoms with van der Waals surface area (Å²) in [6.45, 7) is 0.529. The second-order valence-electron chi connectivity index (χ2n) is 4.97. The maximum atomic E-state index is 13.0. The summed E-state index contributed by atoms with van der Waals surface area (Å²) in [5, 5.41) is 2.93. The van der Waals surface area contributed by atoms with Gasteiger partial charge in [0.25, 0.3) is 5.91 Å². The van der Waals surface area contributed by atoms with Crippen LogP contribution < -0.4 is 5.32 Å². The first kappa shape index (κ1) is 14.3. The van der Waals surface area contributed by atoms with Crippen LogP contribution >= 0.6 is 11.6 Å². The number of nitrogens with one attached hydrogen (secondary N) is 1. The number of rotatable bonds is 3. The van der Waals surface area contributed by atoms with Gasteiger partial charge in [-0.1, -0.05) is 6.42 Å². The molecule has 1 amide bonds. The zero-order valence-corrected chi connectivity index (χ0v) is 11.2. The lowest BCUT2D eigenvalue weighted by Gasteiger charge is -2.25. The highest BCUT2D eigenvalue weighted by atomic mass is 35.5. The smallest absolute Gasteiger partial charge is 0.251 e. The Morgan fingerprint density at radius 2 is 2.11 bits per heavy atom. The monoisotopic (exact) mass is 287 g/mol. The van der Waals surface area contributed by atoms with Crippen molar-refractivity contribution in [3.05, 3.63) is 35.4 Å². The third-order valence-electron chi connectivity index (χ3n) is 3.45. The fraction of sp³-hybridized carbons (Fsp3) is 0.500. The number of halogens is 3. The van der Waals surface area contributed by atoms with E-state index in [1.165, 1.54) is 6.07 Å². The van der Waals surface area contributed by atoms with Crippen molar-refractivity contribution in [3.63, 3.8) is 0 Å². The maximum absolute atomic E-state index is 13.0. The molecule has 5 heteroatoms. The van der Waals surface area contributed by atoms with E-state index in [4.69, 9.17) is 11.6 Å². The Morgan fingerprint density at radius 3 is 2.79 bits per heavy atom. The van der Waals surface area contributed by atoms with Crippen LogP contribution in [0.5, 0.6) is 0 Å². The van der Waals surface area contributed by atoms with Crippen molar-refractivity contribution in [3.8, 4) is 0 Å². The van der Waals surface area contributed by atoms with Crippen molar-refractivity contribution in [2.75, 3.05) is 6.54 Å². The molecular formula is C14H16ClF2NO. The highest BCUT2D eigenvalue weighted by molar-refractivity contribution is 6.20. The lowest BCUT2D eigenvalue weighted by molar-refractivity contribution is 0.0943. The molecule has 0 aliphatic heterocycles. The first-order valence-electron chi connectivity index (χ1n) is 6.43. The lowest BCUT2D eigenvalue weighted by Crippen LogP contribution is -2.32. The van der Waals surface area contributed by atoms with Crippen molar-refractivity contribution < 1.29 is 13.6 Å². The Bertz CT molecular complexity index is 467. The van der Waals surface area contributed by atoms with Crippen LogP contribution in [0, 0.1) is 17.6 Å². The van der Waals surface area contributed by atoms with E-state index in [1.54, 1.807) is 0 Å². The van der Waals surface area contributed by atoms with Gasteiger partial charge in [0.15, 0.2) is 11.6 Å². The molecule has 1 aromatic carbocycles. The largest absolute Gasteiger partial charge is 0.352 e. The van der Waals surface area contributed by atoms with Crippen LogP contribution in [-0.4, -0.2) is 17.8 Å². The summed E-state index contributed by atoms with van der Waals surface area (Å²) in [7, 11) is 0. The number of alkyl halides is 1. The molecule has 2 nitrogen and oxygen atoms in total. The van der Waals surface area contributed by atoms with E-state index < -0.39 is 11.6 Å². The summed E-state index contributed by atoms with van der Waals surface area (Å²) in [4.78, 5) is 11.8. The molecular weight excluding hydrogens is 272 g/mol. The number of carbonyl (C=O) groups excluding carboxylic acids is 1. The molecule has 0 spiro atoms. The SMILES string of the molecule is O=C(NCC1CCCC(Cl)C1)c1ccc(F)c(F)c1. The van der Waals surface area contributed by atoms with E-state index in [9.17, 15) is 13.6 Å². The van der Waals surface area contributed by atoms with E-state index in [2.05, 4.69) is 5.32 Å². The molecule has 19 heavy (non-hydrogen) atoms. The fourth-order valence-electron chi connectivity index (χ4n) is 2.39. The van der Waals surface area contributed by atoms with Crippen LogP contribution in [0.1, 0.15) is 36.0 Å². The van der Waals surface area contributed by atoms with Gasteiger partial charge in [0.05, 0.1) is 0 Å². The second-order valence-corrected chi connectivity index (χ2v) is 5.59. The van der Waals surface area contributed by atoms with E-state index in [1.807, 2.05) is 0 Å². The average molecular weight is 288 g/mol. The minimum atomic E-state index is -1.01. The van der Waals surface area contributed by atoms with Crippen molar-refractivity contribution in [1.82, 2.24) is 5.32 Å². The van der Waals surface area contributed by atoms with Gasteiger partial charge < -0.3 is 5.32 Å². The summed E-state index contributed by atoms with van der Waals surface area (Å²) in [6.07, 6.45) is 4.02. The van der Waals surface area contributed by atoms with Crippen LogP contribution in [0.25, 0.3) is 0 Å². The fourth-order valence-corrected chi connectivity index (χ4v) is 2.79. The van der Waals surface area contributed by atoms with Gasteiger partial charge in [-0.25, -0.2) is 8.78 Å². The molecule has 1 fully saturated rings. The number of hydrogen-bond donors (Lipinski definition) is 1. The molecule has 1 saturated carbocycles. The van der Waals surface area contributed by atoms with Gasteiger partial charge in [0, 0.05) is 17.5 Å². The summed E-state index contributed by atoms with van der Waals surface area (Å²) < 4.78 is 25.8. The molecule has 0 saturated heterocycles. The highest BCUT2D eigenvalue weighted by Gasteiger charge is 2.21. The third-order valence-corrected chi connectivity index (χ3v) is 3.85. The topological polar surface area (TPSA) is 29.1 Å². The average Bonchev–Trinajstić information content (AvgIpc) is 2.39. The van der Waals surface area contributed by atoms with Crippen molar-refractivity contribution in [2.24, 2.45) is 5.92 Å². The normalized spacial score (nSPS) is 23.1. The van der Waals surface area contributed by atoms with Crippen molar-refractivity contribution >= 4 is 17.5 Å². The minimum Gasteiger partial charge on any atom is -0.352 e. The molecule has 2 rings (SSSR count). The lowest BCUT2D eigenvalue weighted by atomic mass is 9.89. The van der Waals surface area contributed by atoms with Gasteiger partial charge in [-0.3, -0.25) is 4.79 Å². The van der Waals surface area contributed by atoms with Gasteiger partial charge in [-0.05, 0) is 43.4 Å². The third kappa shape index (κ3) is 3.90. The summed E-state index contributed by atoms with van der Waals surface area (Å²) in [5.74, 6) is -1.97. The standard InChI is InChI=1S/C14H16ClF2NO/c15-11-3-1-2-9(6-11)8-18-14(19)10-4-5-12(16)13(17)7-10/h4-5,7,9,11H,1-3,6,8H2,(H,18,19). The zero-order chi connectivity index (χ0) is 13.8.